The van der Waals surface area contributed by atoms with E-state index >= 15 is 0 Å². The first-order valence-electron chi connectivity index (χ1n) is 22.3. The normalized spacial score (nSPS) is 11.6. The summed E-state index contributed by atoms with van der Waals surface area (Å²) in [5.74, 6) is 2.68. The highest BCUT2D eigenvalue weighted by Gasteiger charge is 2.29. The molecular weight excluding hydrogens is 809 g/mol. The Bertz CT molecular complexity index is 3870. The lowest BCUT2D eigenvalue weighted by Gasteiger charge is -2.26. The van der Waals surface area contributed by atoms with Crippen molar-refractivity contribution in [3.8, 4) is 56.4 Å². The predicted octanol–water partition coefficient (Wildman–Crippen LogP) is 16.2. The topological polar surface area (TPSA) is 58.9 Å². The molecule has 0 aromatic heterocycles. The molecule has 66 heavy (non-hydrogen) atoms. The Balaban J connectivity index is 1.26. The van der Waals surface area contributed by atoms with Crippen LogP contribution in [0, 0.1) is 0 Å². The van der Waals surface area contributed by atoms with E-state index in [2.05, 4.69) is 152 Å². The van der Waals surface area contributed by atoms with E-state index < -0.39 is 0 Å². The van der Waals surface area contributed by atoms with Gasteiger partial charge in [0.25, 0.3) is 0 Å². The highest BCUT2D eigenvalue weighted by Crippen LogP contribution is 2.56. The molecule has 2 N–H and O–H groups in total. The van der Waals surface area contributed by atoms with Crippen LogP contribution in [0.3, 0.4) is 0 Å². The molecule has 0 unspecified atom stereocenters. The summed E-state index contributed by atoms with van der Waals surface area (Å²) in [7, 11) is 0. The van der Waals surface area contributed by atoms with Crippen molar-refractivity contribution in [3.63, 3.8) is 0 Å². The zero-order valence-corrected chi connectivity index (χ0v) is 35.9. The van der Waals surface area contributed by atoms with Crippen molar-refractivity contribution < 1.29 is 19.7 Å². The molecule has 0 amide bonds. The maximum Gasteiger partial charge on any atom is 0.144 e. The number of hydrogen-bond donors (Lipinski definition) is 2. The van der Waals surface area contributed by atoms with Crippen LogP contribution in [0.2, 0.25) is 0 Å². The van der Waals surface area contributed by atoms with Crippen LogP contribution in [0.15, 0.2) is 218 Å². The van der Waals surface area contributed by atoms with Crippen LogP contribution in [0.1, 0.15) is 11.1 Å². The molecule has 0 saturated heterocycles. The van der Waals surface area contributed by atoms with Gasteiger partial charge in [0.05, 0.1) is 13.2 Å². The van der Waals surface area contributed by atoms with E-state index in [4.69, 9.17) is 9.47 Å². The smallest absolute Gasteiger partial charge is 0.144 e. The molecule has 12 rings (SSSR count). The molecule has 4 nitrogen and oxygen atoms in total. The summed E-state index contributed by atoms with van der Waals surface area (Å²) in [6, 6.07) is 75.8. The Morgan fingerprint density at radius 2 is 0.682 bits per heavy atom. The summed E-state index contributed by atoms with van der Waals surface area (Å²) in [4.78, 5) is 0. The lowest BCUT2D eigenvalue weighted by atomic mass is 9.82. The van der Waals surface area contributed by atoms with Gasteiger partial charge in [0.1, 0.15) is 23.0 Å². The second-order valence-electron chi connectivity index (χ2n) is 16.8. The molecule has 0 fully saturated rings. The van der Waals surface area contributed by atoms with Crippen molar-refractivity contribution in [2.45, 2.75) is 13.2 Å². The fraction of sp³-hybridized carbons (Fsp3) is 0.0323. The van der Waals surface area contributed by atoms with Crippen molar-refractivity contribution in [1.29, 1.82) is 0 Å². The quantitative estimate of drug-likeness (QED) is 0.152. The molecule has 314 valence electrons. The minimum Gasteiger partial charge on any atom is -0.456 e. The third kappa shape index (κ3) is 6.62. The summed E-state index contributed by atoms with van der Waals surface area (Å²) < 4.78 is 15.0. The first kappa shape index (κ1) is 39.3. The predicted molar refractivity (Wildman–Crippen MR) is 273 cm³/mol. The van der Waals surface area contributed by atoms with Crippen molar-refractivity contribution in [2.24, 2.45) is 0 Å². The van der Waals surface area contributed by atoms with Crippen LogP contribution in [0.25, 0.3) is 98.0 Å². The molecular formula is C62H42O4. The second kappa shape index (κ2) is 16.4. The minimum absolute atomic E-state index is 0.0796. The molecule has 0 spiro atoms. The molecule has 0 aliphatic carbocycles. The highest BCUT2D eigenvalue weighted by molar-refractivity contribution is 6.19. The van der Waals surface area contributed by atoms with Crippen LogP contribution in [0.5, 0.6) is 23.0 Å². The molecule has 0 radical (unpaired) electrons. The standard InChI is InChI=1S/C62H42O4/c63-37-46-30-32-55(51-21-9-7-18-48(46)51)65-57-34-29-41-15-5-6-20-50(41)60(57)61-54-24-12-11-23-53(54)58(44-27-25-39-13-1-3-16-42(39)35-44)59(45-28-26-40-14-2-4-17-43(40)36-45)62(61)66-56-33-31-47(38-64)49-19-8-10-22-52(49)56/h1-36,63-64H,37-38H2. The van der Waals surface area contributed by atoms with Gasteiger partial charge >= 0.3 is 0 Å². The van der Waals surface area contributed by atoms with E-state index in [1.54, 1.807) is 0 Å². The summed E-state index contributed by atoms with van der Waals surface area (Å²) in [6.45, 7) is -0.176. The van der Waals surface area contributed by atoms with Crippen LogP contribution < -0.4 is 9.47 Å². The van der Waals surface area contributed by atoms with E-state index in [0.29, 0.717) is 23.0 Å². The van der Waals surface area contributed by atoms with E-state index in [1.165, 1.54) is 5.39 Å². The van der Waals surface area contributed by atoms with Crippen molar-refractivity contribution in [1.82, 2.24) is 0 Å². The molecule has 0 saturated carbocycles. The maximum atomic E-state index is 10.5. The molecule has 0 bridgehead atoms. The Labute approximate surface area is 381 Å². The third-order valence-electron chi connectivity index (χ3n) is 13.1. The van der Waals surface area contributed by atoms with Crippen LogP contribution >= 0.6 is 0 Å². The number of benzene rings is 12. The number of rotatable bonds is 9. The molecule has 12 aromatic carbocycles. The number of fused-ring (bicyclic) bond motifs is 6. The van der Waals surface area contributed by atoms with Crippen LogP contribution in [0.4, 0.5) is 0 Å². The fourth-order valence-electron chi connectivity index (χ4n) is 9.97. The second-order valence-corrected chi connectivity index (χ2v) is 16.8. The summed E-state index contributed by atoms with van der Waals surface area (Å²) >= 11 is 0. The largest absolute Gasteiger partial charge is 0.456 e. The summed E-state index contributed by atoms with van der Waals surface area (Å²) in [5, 5.41) is 33.2. The Kier molecular flexibility index (Phi) is 9.75. The molecule has 0 aliphatic rings. The molecule has 4 heteroatoms. The average Bonchev–Trinajstić information content (AvgIpc) is 3.38. The van der Waals surface area contributed by atoms with Gasteiger partial charge in [-0.2, -0.15) is 0 Å². The first-order valence-corrected chi connectivity index (χ1v) is 22.3. The van der Waals surface area contributed by atoms with Crippen LogP contribution in [-0.4, -0.2) is 10.2 Å². The first-order chi connectivity index (χ1) is 32.6. The van der Waals surface area contributed by atoms with Gasteiger partial charge in [0.15, 0.2) is 0 Å². The Morgan fingerprint density at radius 3 is 1.24 bits per heavy atom. The van der Waals surface area contributed by atoms with Gasteiger partial charge in [-0.3, -0.25) is 0 Å². The van der Waals surface area contributed by atoms with E-state index in [-0.39, 0.29) is 13.2 Å². The van der Waals surface area contributed by atoms with Gasteiger partial charge in [-0.1, -0.05) is 188 Å². The van der Waals surface area contributed by atoms with Gasteiger partial charge in [-0.05, 0) is 106 Å². The zero-order valence-electron chi connectivity index (χ0n) is 35.9. The SMILES string of the molecule is OCc1ccc(Oc2ccc3ccccc3c2-c2c(Oc3ccc(CO)c4ccccc34)c(-c3ccc4ccccc4c3)c(-c3ccc4ccccc4c3)c3ccccc23)c2ccccc12. The highest BCUT2D eigenvalue weighted by atomic mass is 16.5. The molecule has 12 aromatic rings. The number of aliphatic hydroxyl groups is 2. The van der Waals surface area contributed by atoms with E-state index in [0.717, 1.165) is 104 Å². The molecule has 0 atom stereocenters. The fourth-order valence-corrected chi connectivity index (χ4v) is 9.97. The van der Waals surface area contributed by atoms with Gasteiger partial charge in [0, 0.05) is 33.0 Å². The molecule has 0 aliphatic heterocycles. The monoisotopic (exact) mass is 850 g/mol. The number of aliphatic hydroxyl groups excluding tert-OH is 2. The van der Waals surface area contributed by atoms with E-state index in [1.807, 2.05) is 66.7 Å². The van der Waals surface area contributed by atoms with Crippen molar-refractivity contribution in [2.75, 3.05) is 0 Å². The van der Waals surface area contributed by atoms with Crippen LogP contribution in [-0.2, 0) is 13.2 Å². The minimum atomic E-state index is -0.0961. The van der Waals surface area contributed by atoms with Crippen molar-refractivity contribution in [3.05, 3.63) is 230 Å². The Hall–Kier alpha value is -8.28. The van der Waals surface area contributed by atoms with Gasteiger partial charge < -0.3 is 19.7 Å². The van der Waals surface area contributed by atoms with Gasteiger partial charge in [-0.25, -0.2) is 0 Å². The lowest BCUT2D eigenvalue weighted by molar-refractivity contribution is 0.283. The zero-order chi connectivity index (χ0) is 44.1. The number of hydrogen-bond acceptors (Lipinski definition) is 4. The van der Waals surface area contributed by atoms with Crippen molar-refractivity contribution >= 4 is 64.6 Å². The number of ether oxygens (including phenoxy) is 2. The van der Waals surface area contributed by atoms with Gasteiger partial charge in [-0.15, -0.1) is 0 Å². The maximum absolute atomic E-state index is 10.5. The van der Waals surface area contributed by atoms with E-state index in [9.17, 15) is 10.2 Å². The summed E-state index contributed by atoms with van der Waals surface area (Å²) in [6.07, 6.45) is 0. The Morgan fingerprint density at radius 1 is 0.273 bits per heavy atom. The summed E-state index contributed by atoms with van der Waals surface area (Å²) in [5.41, 5.74) is 7.49. The lowest BCUT2D eigenvalue weighted by Crippen LogP contribution is -2.01. The third-order valence-corrected chi connectivity index (χ3v) is 13.1. The van der Waals surface area contributed by atoms with Gasteiger partial charge in [0.2, 0.25) is 0 Å². The average molecular weight is 851 g/mol. The molecule has 0 heterocycles.